The van der Waals surface area contributed by atoms with Crippen LogP contribution in [-0.4, -0.2) is 66.3 Å². The minimum atomic E-state index is -0.597. The van der Waals surface area contributed by atoms with Crippen LogP contribution in [0.15, 0.2) is 24.3 Å². The van der Waals surface area contributed by atoms with Crippen molar-refractivity contribution in [3.05, 3.63) is 29.8 Å². The first-order valence-corrected chi connectivity index (χ1v) is 10.5. The zero-order valence-electron chi connectivity index (χ0n) is 17.5. The van der Waals surface area contributed by atoms with Gasteiger partial charge in [-0.15, -0.1) is 0 Å². The van der Waals surface area contributed by atoms with E-state index in [0.29, 0.717) is 44.1 Å². The molecule has 1 aliphatic heterocycles. The number of amides is 3. The maximum absolute atomic E-state index is 13.1. The number of carbonyl (C=O) groups is 3. The summed E-state index contributed by atoms with van der Waals surface area (Å²) in [7, 11) is 0. The standard InChI is InChI=1S/C22H31N3O4/c1-4-29-18-9-7-16(8-10-18)20(26)23-19(15(2)3)22(28)25-13-11-24(12-14-25)21(27)17-5-6-17/h7-10,15,17,19H,4-6,11-14H2,1-3H3,(H,23,26). The molecule has 7 nitrogen and oxygen atoms in total. The van der Waals surface area contributed by atoms with Crippen LogP contribution in [0, 0.1) is 11.8 Å². The lowest BCUT2D eigenvalue weighted by molar-refractivity contribution is -0.141. The number of benzene rings is 1. The first-order valence-electron chi connectivity index (χ1n) is 10.5. The molecule has 1 saturated heterocycles. The molecule has 2 aliphatic rings. The van der Waals surface area contributed by atoms with Crippen molar-refractivity contribution in [3.63, 3.8) is 0 Å². The Kier molecular flexibility index (Phi) is 6.77. The second kappa shape index (κ2) is 9.29. The molecule has 2 fully saturated rings. The third-order valence-corrected chi connectivity index (χ3v) is 5.48. The Bertz CT molecular complexity index is 735. The number of hydrogen-bond donors (Lipinski definition) is 1. The average Bonchev–Trinajstić information content (AvgIpc) is 3.57. The number of rotatable bonds is 7. The van der Waals surface area contributed by atoms with Gasteiger partial charge in [-0.2, -0.15) is 0 Å². The van der Waals surface area contributed by atoms with Crippen LogP contribution in [-0.2, 0) is 9.59 Å². The lowest BCUT2D eigenvalue weighted by Crippen LogP contribution is -2.57. The van der Waals surface area contributed by atoms with Gasteiger partial charge in [0, 0.05) is 37.7 Å². The summed E-state index contributed by atoms with van der Waals surface area (Å²) >= 11 is 0. The Balaban J connectivity index is 1.58. The summed E-state index contributed by atoms with van der Waals surface area (Å²) in [6, 6.07) is 6.30. The van der Waals surface area contributed by atoms with E-state index in [-0.39, 0.29) is 29.6 Å². The third kappa shape index (κ3) is 5.28. The first-order chi connectivity index (χ1) is 13.9. The van der Waals surface area contributed by atoms with Gasteiger partial charge in [0.05, 0.1) is 6.61 Å². The molecule has 1 aromatic rings. The molecule has 1 unspecified atom stereocenters. The minimum absolute atomic E-state index is 0.0414. The number of ether oxygens (including phenoxy) is 1. The van der Waals surface area contributed by atoms with E-state index in [9.17, 15) is 14.4 Å². The largest absolute Gasteiger partial charge is 0.494 e. The van der Waals surface area contributed by atoms with E-state index in [2.05, 4.69) is 5.32 Å². The van der Waals surface area contributed by atoms with Gasteiger partial charge < -0.3 is 19.9 Å². The maximum atomic E-state index is 13.1. The van der Waals surface area contributed by atoms with Crippen molar-refractivity contribution in [3.8, 4) is 5.75 Å². The summed E-state index contributed by atoms with van der Waals surface area (Å²) in [6.07, 6.45) is 1.98. The topological polar surface area (TPSA) is 79.0 Å². The second-order valence-corrected chi connectivity index (χ2v) is 8.08. The zero-order chi connectivity index (χ0) is 21.0. The van der Waals surface area contributed by atoms with E-state index in [4.69, 9.17) is 4.74 Å². The lowest BCUT2D eigenvalue weighted by Gasteiger charge is -2.37. The molecule has 3 rings (SSSR count). The Morgan fingerprint density at radius 3 is 2.14 bits per heavy atom. The summed E-state index contributed by atoms with van der Waals surface area (Å²) in [5.41, 5.74) is 0.492. The minimum Gasteiger partial charge on any atom is -0.494 e. The molecular formula is C22H31N3O4. The molecule has 158 valence electrons. The van der Waals surface area contributed by atoms with Crippen LogP contribution in [0.1, 0.15) is 44.0 Å². The molecule has 1 saturated carbocycles. The van der Waals surface area contributed by atoms with Gasteiger partial charge in [0.15, 0.2) is 0 Å². The molecule has 0 spiro atoms. The lowest BCUT2D eigenvalue weighted by atomic mass is 10.0. The molecule has 29 heavy (non-hydrogen) atoms. The quantitative estimate of drug-likeness (QED) is 0.757. The van der Waals surface area contributed by atoms with Crippen LogP contribution in [0.4, 0.5) is 0 Å². The van der Waals surface area contributed by atoms with E-state index in [1.165, 1.54) is 0 Å². The fourth-order valence-electron chi connectivity index (χ4n) is 3.54. The highest BCUT2D eigenvalue weighted by Crippen LogP contribution is 2.31. The van der Waals surface area contributed by atoms with Crippen molar-refractivity contribution in [1.29, 1.82) is 0 Å². The van der Waals surface area contributed by atoms with E-state index in [1.807, 2.05) is 25.7 Å². The zero-order valence-corrected chi connectivity index (χ0v) is 17.5. The van der Waals surface area contributed by atoms with Gasteiger partial charge in [0.1, 0.15) is 11.8 Å². The molecule has 1 atom stereocenters. The Morgan fingerprint density at radius 1 is 1.03 bits per heavy atom. The van der Waals surface area contributed by atoms with E-state index >= 15 is 0 Å². The number of hydrogen-bond acceptors (Lipinski definition) is 4. The molecule has 1 aliphatic carbocycles. The summed E-state index contributed by atoms with van der Waals surface area (Å²) in [5, 5.41) is 2.89. The van der Waals surface area contributed by atoms with Gasteiger partial charge >= 0.3 is 0 Å². The summed E-state index contributed by atoms with van der Waals surface area (Å²) < 4.78 is 5.40. The molecule has 1 heterocycles. The highest BCUT2D eigenvalue weighted by Gasteiger charge is 2.36. The van der Waals surface area contributed by atoms with Gasteiger partial charge in [-0.3, -0.25) is 14.4 Å². The van der Waals surface area contributed by atoms with Crippen molar-refractivity contribution in [2.45, 2.75) is 39.7 Å². The van der Waals surface area contributed by atoms with Crippen LogP contribution in [0.25, 0.3) is 0 Å². The fraction of sp³-hybridized carbons (Fsp3) is 0.591. The highest BCUT2D eigenvalue weighted by atomic mass is 16.5. The number of nitrogens with zero attached hydrogens (tertiary/aromatic N) is 2. The van der Waals surface area contributed by atoms with Gasteiger partial charge in [0.25, 0.3) is 5.91 Å². The van der Waals surface area contributed by atoms with Gasteiger partial charge in [0.2, 0.25) is 11.8 Å². The molecule has 0 bridgehead atoms. The SMILES string of the molecule is CCOc1ccc(C(=O)NC(C(=O)N2CCN(C(=O)C3CC3)CC2)C(C)C)cc1. The van der Waals surface area contributed by atoms with Crippen molar-refractivity contribution < 1.29 is 19.1 Å². The van der Waals surface area contributed by atoms with Gasteiger partial charge in [-0.1, -0.05) is 13.8 Å². The van der Waals surface area contributed by atoms with Gasteiger partial charge in [-0.05, 0) is 49.9 Å². The molecule has 3 amide bonds. The Labute approximate surface area is 172 Å². The number of nitrogens with one attached hydrogen (secondary N) is 1. The molecule has 0 aromatic heterocycles. The molecule has 1 aromatic carbocycles. The normalized spacial score (nSPS) is 17.8. The van der Waals surface area contributed by atoms with Crippen LogP contribution >= 0.6 is 0 Å². The predicted octanol–water partition coefficient (Wildman–Crippen LogP) is 1.92. The summed E-state index contributed by atoms with van der Waals surface area (Å²) in [4.78, 5) is 41.6. The van der Waals surface area contributed by atoms with E-state index in [0.717, 1.165) is 12.8 Å². The molecule has 7 heteroatoms. The van der Waals surface area contributed by atoms with Crippen molar-refractivity contribution in [1.82, 2.24) is 15.1 Å². The van der Waals surface area contributed by atoms with Crippen LogP contribution in [0.3, 0.4) is 0 Å². The van der Waals surface area contributed by atoms with Crippen molar-refractivity contribution >= 4 is 17.7 Å². The highest BCUT2D eigenvalue weighted by molar-refractivity contribution is 5.97. The van der Waals surface area contributed by atoms with Crippen LogP contribution in [0.2, 0.25) is 0 Å². The Morgan fingerprint density at radius 2 is 1.62 bits per heavy atom. The second-order valence-electron chi connectivity index (χ2n) is 8.08. The third-order valence-electron chi connectivity index (χ3n) is 5.48. The summed E-state index contributed by atoms with van der Waals surface area (Å²) in [5.74, 6) is 0.732. The monoisotopic (exact) mass is 401 g/mol. The van der Waals surface area contributed by atoms with Crippen LogP contribution in [0.5, 0.6) is 5.75 Å². The average molecular weight is 402 g/mol. The number of carbonyl (C=O) groups excluding carboxylic acids is 3. The maximum Gasteiger partial charge on any atom is 0.251 e. The smallest absolute Gasteiger partial charge is 0.251 e. The van der Waals surface area contributed by atoms with Crippen molar-refractivity contribution in [2.24, 2.45) is 11.8 Å². The Hall–Kier alpha value is -2.57. The van der Waals surface area contributed by atoms with Gasteiger partial charge in [-0.25, -0.2) is 0 Å². The van der Waals surface area contributed by atoms with E-state index in [1.54, 1.807) is 29.2 Å². The van der Waals surface area contributed by atoms with Crippen LogP contribution < -0.4 is 10.1 Å². The number of piperazine rings is 1. The van der Waals surface area contributed by atoms with Crippen molar-refractivity contribution in [2.75, 3.05) is 32.8 Å². The molecule has 1 N–H and O–H groups in total. The fourth-order valence-corrected chi connectivity index (χ4v) is 3.54. The predicted molar refractivity (Wildman–Crippen MR) is 110 cm³/mol. The van der Waals surface area contributed by atoms with E-state index < -0.39 is 6.04 Å². The summed E-state index contributed by atoms with van der Waals surface area (Å²) in [6.45, 7) is 8.48. The first kappa shape index (κ1) is 21.1. The molecule has 0 radical (unpaired) electrons. The molecular weight excluding hydrogens is 370 g/mol.